The van der Waals surface area contributed by atoms with Crippen LogP contribution >= 0.6 is 22.9 Å². The van der Waals surface area contributed by atoms with Crippen molar-refractivity contribution in [2.45, 2.75) is 0 Å². The van der Waals surface area contributed by atoms with Gasteiger partial charge in [0.25, 0.3) is 0 Å². The van der Waals surface area contributed by atoms with Crippen LogP contribution in [0.5, 0.6) is 0 Å². The molecule has 34 heavy (non-hydrogen) atoms. The number of rotatable bonds is 3. The van der Waals surface area contributed by atoms with Crippen molar-refractivity contribution in [3.63, 3.8) is 0 Å². The van der Waals surface area contributed by atoms with Gasteiger partial charge >= 0.3 is 0 Å². The minimum absolute atomic E-state index is 0.800. The Morgan fingerprint density at radius 1 is 0.559 bits per heavy atom. The van der Waals surface area contributed by atoms with Gasteiger partial charge in [-0.2, -0.15) is 0 Å². The zero-order valence-electron chi connectivity index (χ0n) is 18.0. The molecule has 7 aromatic rings. The van der Waals surface area contributed by atoms with Gasteiger partial charge in [0, 0.05) is 53.0 Å². The van der Waals surface area contributed by atoms with Crippen LogP contribution in [-0.4, -0.2) is 0 Å². The second kappa shape index (κ2) is 7.63. The summed E-state index contributed by atoms with van der Waals surface area (Å²) < 4.78 is 8.50. The molecule has 0 atom stereocenters. The quantitative estimate of drug-likeness (QED) is 0.252. The number of hydrogen-bond donors (Lipinski definition) is 0. The summed E-state index contributed by atoms with van der Waals surface area (Å²) in [5.41, 5.74) is 5.10. The molecule has 162 valence electrons. The number of para-hydroxylation sites is 2. The minimum Gasteiger partial charge on any atom is -0.456 e. The van der Waals surface area contributed by atoms with Crippen molar-refractivity contribution in [2.24, 2.45) is 0 Å². The summed E-state index contributed by atoms with van der Waals surface area (Å²) in [6.07, 6.45) is 0. The maximum absolute atomic E-state index is 6.55. The van der Waals surface area contributed by atoms with Crippen molar-refractivity contribution in [1.82, 2.24) is 0 Å². The Bertz CT molecular complexity index is 1830. The molecule has 0 saturated carbocycles. The fourth-order valence-corrected chi connectivity index (χ4v) is 6.29. The molecule has 0 unspecified atom stereocenters. The summed E-state index contributed by atoms with van der Waals surface area (Å²) in [5.74, 6) is 0. The average Bonchev–Trinajstić information content (AvgIpc) is 3.43. The second-order valence-electron chi connectivity index (χ2n) is 8.35. The minimum atomic E-state index is 0.800. The van der Waals surface area contributed by atoms with E-state index in [1.165, 1.54) is 14.8 Å². The predicted octanol–water partition coefficient (Wildman–Crippen LogP) is 10.1. The average molecular weight is 476 g/mol. The summed E-state index contributed by atoms with van der Waals surface area (Å²) in [6.45, 7) is 0. The molecule has 0 aliphatic rings. The molecule has 0 N–H and O–H groups in total. The van der Waals surface area contributed by atoms with Gasteiger partial charge in [-0.15, -0.1) is 11.3 Å². The Balaban J connectivity index is 1.46. The van der Waals surface area contributed by atoms with E-state index in [0.717, 1.165) is 49.4 Å². The van der Waals surface area contributed by atoms with E-state index in [4.69, 9.17) is 16.0 Å². The molecule has 5 aromatic carbocycles. The van der Waals surface area contributed by atoms with Gasteiger partial charge in [0.15, 0.2) is 0 Å². The van der Waals surface area contributed by atoms with Crippen LogP contribution in [0.15, 0.2) is 114 Å². The summed E-state index contributed by atoms with van der Waals surface area (Å²) in [6, 6.07) is 37.9. The Morgan fingerprint density at radius 2 is 1.32 bits per heavy atom. The van der Waals surface area contributed by atoms with Gasteiger partial charge in [0.05, 0.1) is 0 Å². The van der Waals surface area contributed by atoms with E-state index in [9.17, 15) is 0 Å². The molecule has 0 amide bonds. The van der Waals surface area contributed by atoms with Gasteiger partial charge in [0.2, 0.25) is 0 Å². The predicted molar refractivity (Wildman–Crippen MR) is 146 cm³/mol. The summed E-state index contributed by atoms with van der Waals surface area (Å²) >= 11 is 8.33. The second-order valence-corrected chi connectivity index (χ2v) is 9.84. The van der Waals surface area contributed by atoms with Crippen molar-refractivity contribution >= 4 is 82.1 Å². The number of furan rings is 1. The van der Waals surface area contributed by atoms with Crippen LogP contribution in [0.2, 0.25) is 5.02 Å². The van der Waals surface area contributed by atoms with E-state index in [1.54, 1.807) is 11.3 Å². The molecule has 0 spiro atoms. The topological polar surface area (TPSA) is 16.4 Å². The molecule has 0 saturated heterocycles. The first kappa shape index (κ1) is 19.7. The highest BCUT2D eigenvalue weighted by atomic mass is 35.5. The lowest BCUT2D eigenvalue weighted by molar-refractivity contribution is 0.669. The van der Waals surface area contributed by atoms with Gasteiger partial charge < -0.3 is 9.32 Å². The SMILES string of the molecule is Clc1cccc2sc3cc(N(c4ccccc4)c4ccc5oc6ccccc6c5c4)ccc3c12. The highest BCUT2D eigenvalue weighted by Crippen LogP contribution is 2.43. The summed E-state index contributed by atoms with van der Waals surface area (Å²) in [4.78, 5) is 2.30. The van der Waals surface area contributed by atoms with Crippen molar-refractivity contribution in [2.75, 3.05) is 4.90 Å². The van der Waals surface area contributed by atoms with Gasteiger partial charge in [-0.25, -0.2) is 0 Å². The maximum atomic E-state index is 6.55. The van der Waals surface area contributed by atoms with E-state index in [2.05, 4.69) is 83.8 Å². The van der Waals surface area contributed by atoms with Crippen LogP contribution in [-0.2, 0) is 0 Å². The Hall–Kier alpha value is -3.79. The molecule has 2 heterocycles. The highest BCUT2D eigenvalue weighted by molar-refractivity contribution is 7.26. The van der Waals surface area contributed by atoms with Crippen molar-refractivity contribution in [3.8, 4) is 0 Å². The van der Waals surface area contributed by atoms with Gasteiger partial charge in [0.1, 0.15) is 11.2 Å². The molecule has 2 nitrogen and oxygen atoms in total. The first-order valence-electron chi connectivity index (χ1n) is 11.1. The standard InChI is InChI=1S/C30H18ClNOS/c31-25-10-6-12-28-30(25)23-15-13-21(18-29(23)34-28)32(19-7-2-1-3-8-19)20-14-16-27-24(17-20)22-9-4-5-11-26(22)33-27/h1-18H. The van der Waals surface area contributed by atoms with Gasteiger partial charge in [-0.3, -0.25) is 0 Å². The zero-order valence-corrected chi connectivity index (χ0v) is 19.6. The lowest BCUT2D eigenvalue weighted by Crippen LogP contribution is -2.09. The third kappa shape index (κ3) is 3.02. The van der Waals surface area contributed by atoms with Crippen LogP contribution in [0.3, 0.4) is 0 Å². The molecule has 0 aliphatic heterocycles. The summed E-state index contributed by atoms with van der Waals surface area (Å²) in [7, 11) is 0. The van der Waals surface area contributed by atoms with Crippen molar-refractivity contribution in [3.05, 3.63) is 114 Å². The Morgan fingerprint density at radius 3 is 2.24 bits per heavy atom. The van der Waals surface area contributed by atoms with E-state index < -0.39 is 0 Å². The molecular weight excluding hydrogens is 458 g/mol. The van der Waals surface area contributed by atoms with Gasteiger partial charge in [-0.1, -0.05) is 60.1 Å². The lowest BCUT2D eigenvalue weighted by Gasteiger charge is -2.25. The molecule has 0 fully saturated rings. The fourth-order valence-electron chi connectivity index (χ4n) is 4.79. The molecule has 0 bridgehead atoms. The zero-order chi connectivity index (χ0) is 22.6. The molecule has 0 radical (unpaired) electrons. The number of nitrogens with zero attached hydrogens (tertiary/aromatic N) is 1. The monoisotopic (exact) mass is 475 g/mol. The first-order valence-corrected chi connectivity index (χ1v) is 12.3. The van der Waals surface area contributed by atoms with Crippen molar-refractivity contribution in [1.29, 1.82) is 0 Å². The van der Waals surface area contributed by atoms with Crippen LogP contribution in [0, 0.1) is 0 Å². The summed E-state index contributed by atoms with van der Waals surface area (Å²) in [5, 5.41) is 5.37. The third-order valence-corrected chi connectivity index (χ3v) is 7.75. The smallest absolute Gasteiger partial charge is 0.135 e. The van der Waals surface area contributed by atoms with E-state index in [-0.39, 0.29) is 0 Å². The highest BCUT2D eigenvalue weighted by Gasteiger charge is 2.17. The number of thiophene rings is 1. The first-order chi connectivity index (χ1) is 16.8. The van der Waals surface area contributed by atoms with E-state index >= 15 is 0 Å². The number of halogens is 1. The molecule has 4 heteroatoms. The lowest BCUT2D eigenvalue weighted by atomic mass is 10.1. The van der Waals surface area contributed by atoms with Crippen LogP contribution < -0.4 is 4.90 Å². The molecule has 7 rings (SSSR count). The Labute approximate surface area is 205 Å². The van der Waals surface area contributed by atoms with Crippen molar-refractivity contribution < 1.29 is 4.42 Å². The van der Waals surface area contributed by atoms with Crippen LogP contribution in [0.25, 0.3) is 42.1 Å². The third-order valence-electron chi connectivity index (χ3n) is 6.32. The molecule has 0 aliphatic carbocycles. The molecular formula is C30H18ClNOS. The Kier molecular flexibility index (Phi) is 4.41. The number of benzene rings is 5. The normalized spacial score (nSPS) is 11.7. The fraction of sp³-hybridized carbons (Fsp3) is 0. The maximum Gasteiger partial charge on any atom is 0.135 e. The number of hydrogen-bond acceptors (Lipinski definition) is 3. The molecule has 2 aromatic heterocycles. The number of fused-ring (bicyclic) bond motifs is 6. The van der Waals surface area contributed by atoms with Crippen LogP contribution in [0.4, 0.5) is 17.1 Å². The van der Waals surface area contributed by atoms with E-state index in [0.29, 0.717) is 0 Å². The van der Waals surface area contributed by atoms with Crippen LogP contribution in [0.1, 0.15) is 0 Å². The largest absolute Gasteiger partial charge is 0.456 e. The number of anilines is 3. The van der Waals surface area contributed by atoms with E-state index in [1.807, 2.05) is 30.3 Å². The van der Waals surface area contributed by atoms with Gasteiger partial charge in [-0.05, 0) is 60.7 Å².